The molecule has 0 heterocycles. The lowest BCUT2D eigenvalue weighted by molar-refractivity contribution is -0.00000569. The molecule has 0 saturated carbocycles. The molecule has 0 aliphatic heterocycles. The topological polar surface area (TPSA) is 12.0 Å². The zero-order chi connectivity index (χ0) is 20.2. The summed E-state index contributed by atoms with van der Waals surface area (Å²) in [6, 6.07) is 31.2. The number of hydrogen-bond acceptors (Lipinski definition) is 1. The lowest BCUT2D eigenvalue weighted by Crippen LogP contribution is -3.00. The summed E-state index contributed by atoms with van der Waals surface area (Å²) in [5.74, 6) is 0. The number of rotatable bonds is 7. The first-order chi connectivity index (χ1) is 13.7. The Bertz CT molecular complexity index is 819. The van der Waals surface area contributed by atoms with E-state index < -0.39 is 0 Å². The van der Waals surface area contributed by atoms with Crippen LogP contribution in [-0.4, -0.2) is 12.5 Å². The second kappa shape index (κ2) is 13.7. The Labute approximate surface area is 185 Å². The van der Waals surface area contributed by atoms with E-state index in [0.717, 1.165) is 5.69 Å². The van der Waals surface area contributed by atoms with Crippen LogP contribution in [0.2, 0.25) is 0 Å². The van der Waals surface area contributed by atoms with Crippen LogP contribution < -0.4 is 17.7 Å². The molecule has 0 saturated heterocycles. The third-order valence-electron chi connectivity index (χ3n) is 4.34. The highest BCUT2D eigenvalue weighted by atomic mass is 35.5. The predicted octanol–water partition coefficient (Wildman–Crippen LogP) is 3.82. The van der Waals surface area contributed by atoms with Gasteiger partial charge in [0, 0.05) is 11.3 Å². The minimum absolute atomic E-state index is 0. The maximum atomic E-state index is 3.87. The molecular weight excluding hydrogens is 394 g/mol. The average Bonchev–Trinajstić information content (AvgIpc) is 2.75. The van der Waals surface area contributed by atoms with E-state index in [-0.39, 0.29) is 18.4 Å². The van der Waals surface area contributed by atoms with Crippen molar-refractivity contribution in [2.24, 2.45) is 0 Å². The fourth-order valence-electron chi connectivity index (χ4n) is 2.90. The second-order valence-electron chi connectivity index (χ2n) is 6.58. The van der Waals surface area contributed by atoms with Crippen molar-refractivity contribution in [3.63, 3.8) is 0 Å². The van der Waals surface area contributed by atoms with Gasteiger partial charge in [-0.1, -0.05) is 91.5 Å². The van der Waals surface area contributed by atoms with Gasteiger partial charge >= 0.3 is 0 Å². The molecule has 3 rings (SSSR count). The molecule has 3 heteroatoms. The van der Waals surface area contributed by atoms with E-state index in [1.165, 1.54) is 11.1 Å². The minimum atomic E-state index is 0. The molecule has 3 aromatic rings. The van der Waals surface area contributed by atoms with E-state index in [2.05, 4.69) is 79.5 Å². The largest absolute Gasteiger partial charge is 1.00 e. The zero-order valence-corrected chi connectivity index (χ0v) is 18.7. The van der Waals surface area contributed by atoms with E-state index in [0.29, 0.717) is 16.1 Å². The van der Waals surface area contributed by atoms with Crippen molar-refractivity contribution < 1.29 is 12.4 Å². The summed E-state index contributed by atoms with van der Waals surface area (Å²) in [6.07, 6.45) is 8.46. The lowest BCUT2D eigenvalue weighted by Gasteiger charge is -2.16. The second-order valence-corrected chi connectivity index (χ2v) is 8.85. The Morgan fingerprint density at radius 2 is 1.14 bits per heavy atom. The molecule has 0 spiro atoms. The van der Waals surface area contributed by atoms with Crippen LogP contribution in [0.3, 0.4) is 0 Å². The van der Waals surface area contributed by atoms with Gasteiger partial charge in [0.1, 0.15) is 0 Å². The first kappa shape index (κ1) is 24.6. The van der Waals surface area contributed by atoms with Crippen LogP contribution in [0.25, 0.3) is 0 Å². The van der Waals surface area contributed by atoms with Gasteiger partial charge in [0.25, 0.3) is 0 Å². The van der Waals surface area contributed by atoms with Gasteiger partial charge in [-0.25, -0.2) is 0 Å². The molecule has 0 aromatic heterocycles. The maximum absolute atomic E-state index is 3.87. The summed E-state index contributed by atoms with van der Waals surface area (Å²) in [5, 5.41) is 3.95. The lowest BCUT2D eigenvalue weighted by atomic mass is 10.1. The Morgan fingerprint density at radius 3 is 1.55 bits per heavy atom. The molecule has 0 fully saturated rings. The van der Waals surface area contributed by atoms with E-state index in [1.54, 1.807) is 0 Å². The summed E-state index contributed by atoms with van der Waals surface area (Å²) in [7, 11) is 0.378. The standard InChI is InChI=1S/C15H15N.C11H15S.ClH/c1-2-15(13-9-5-3-6-10-13)16-14-11-7-4-8-12-14;1-4-11(12(2)3)10-8-6-5-7-9-10;/h2-12,15-16H,1H2;4-9,11H,1H2,2-3H3;1H/q;+1;/p-1. The molecule has 1 N–H and O–H groups in total. The maximum Gasteiger partial charge on any atom is 0.160 e. The molecule has 152 valence electrons. The van der Waals surface area contributed by atoms with Gasteiger partial charge in [-0.3, -0.25) is 0 Å². The molecule has 29 heavy (non-hydrogen) atoms. The van der Waals surface area contributed by atoms with Crippen molar-refractivity contribution in [1.29, 1.82) is 0 Å². The molecule has 0 aliphatic rings. The average molecular weight is 424 g/mol. The fourth-order valence-corrected chi connectivity index (χ4v) is 3.98. The fraction of sp³-hybridized carbons (Fsp3) is 0.154. The molecule has 0 radical (unpaired) electrons. The molecule has 2 unspecified atom stereocenters. The van der Waals surface area contributed by atoms with Crippen LogP contribution >= 0.6 is 0 Å². The zero-order valence-electron chi connectivity index (χ0n) is 17.2. The Hall–Kier alpha value is -2.42. The van der Waals surface area contributed by atoms with Crippen LogP contribution in [-0.2, 0) is 10.9 Å². The van der Waals surface area contributed by atoms with Gasteiger partial charge in [-0.2, -0.15) is 0 Å². The highest BCUT2D eigenvalue weighted by Gasteiger charge is 2.18. The van der Waals surface area contributed by atoms with Gasteiger partial charge in [-0.15, -0.1) is 6.58 Å². The third-order valence-corrected chi connectivity index (χ3v) is 5.82. The number of benzene rings is 3. The number of halogens is 1. The summed E-state index contributed by atoms with van der Waals surface area (Å²) in [4.78, 5) is 0. The normalized spacial score (nSPS) is 11.8. The Morgan fingerprint density at radius 1 is 0.690 bits per heavy atom. The summed E-state index contributed by atoms with van der Waals surface area (Å²) in [5.41, 5.74) is 3.71. The highest BCUT2D eigenvalue weighted by Crippen LogP contribution is 2.22. The molecule has 0 bridgehead atoms. The summed E-state index contributed by atoms with van der Waals surface area (Å²) >= 11 is 0. The van der Waals surface area contributed by atoms with Crippen LogP contribution in [0, 0.1) is 0 Å². The first-order valence-corrected chi connectivity index (χ1v) is 11.5. The van der Waals surface area contributed by atoms with Gasteiger partial charge in [0.15, 0.2) is 5.25 Å². The van der Waals surface area contributed by atoms with Crippen LogP contribution in [0.1, 0.15) is 22.4 Å². The van der Waals surface area contributed by atoms with Crippen LogP contribution in [0.15, 0.2) is 116 Å². The molecule has 0 aliphatic carbocycles. The van der Waals surface area contributed by atoms with Crippen LogP contribution in [0.5, 0.6) is 0 Å². The van der Waals surface area contributed by atoms with Crippen molar-refractivity contribution >= 4 is 16.6 Å². The molecule has 1 nitrogen and oxygen atoms in total. The van der Waals surface area contributed by atoms with Gasteiger partial charge in [-0.05, 0) is 34.7 Å². The Balaban J connectivity index is 0.000000292. The van der Waals surface area contributed by atoms with Gasteiger partial charge in [0.2, 0.25) is 0 Å². The number of para-hydroxylation sites is 1. The van der Waals surface area contributed by atoms with Crippen LogP contribution in [0.4, 0.5) is 5.69 Å². The monoisotopic (exact) mass is 423 g/mol. The number of anilines is 1. The smallest absolute Gasteiger partial charge is 0.160 e. The minimum Gasteiger partial charge on any atom is -1.00 e. The Kier molecular flexibility index (Phi) is 11.6. The summed E-state index contributed by atoms with van der Waals surface area (Å²) in [6.45, 7) is 7.74. The SMILES string of the molecule is C=CC(Nc1ccccc1)c1ccccc1.C=CC(c1ccccc1)[S+](C)C.[Cl-]. The molecular formula is C26H30ClNS. The quantitative estimate of drug-likeness (QED) is 0.450. The van der Waals surface area contributed by atoms with E-state index >= 15 is 0 Å². The van der Waals surface area contributed by atoms with Crippen molar-refractivity contribution in [2.45, 2.75) is 11.3 Å². The first-order valence-electron chi connectivity index (χ1n) is 9.38. The predicted molar refractivity (Wildman–Crippen MR) is 128 cm³/mol. The van der Waals surface area contributed by atoms with E-state index in [1.807, 2.05) is 54.6 Å². The highest BCUT2D eigenvalue weighted by molar-refractivity contribution is 7.95. The third kappa shape index (κ3) is 8.23. The molecule has 0 amide bonds. The summed E-state index contributed by atoms with van der Waals surface area (Å²) < 4.78 is 0. The van der Waals surface area contributed by atoms with Crippen molar-refractivity contribution in [2.75, 3.05) is 17.8 Å². The van der Waals surface area contributed by atoms with Gasteiger partial charge < -0.3 is 17.7 Å². The molecule has 2 atom stereocenters. The van der Waals surface area contributed by atoms with E-state index in [9.17, 15) is 0 Å². The van der Waals surface area contributed by atoms with Crippen molar-refractivity contribution in [3.8, 4) is 0 Å². The number of nitrogens with one attached hydrogen (secondary N) is 1. The van der Waals surface area contributed by atoms with Crippen molar-refractivity contribution in [1.82, 2.24) is 0 Å². The van der Waals surface area contributed by atoms with Crippen molar-refractivity contribution in [3.05, 3.63) is 127 Å². The molecule has 3 aromatic carbocycles. The van der Waals surface area contributed by atoms with E-state index in [4.69, 9.17) is 0 Å². The number of hydrogen-bond donors (Lipinski definition) is 1. The van der Waals surface area contributed by atoms with Gasteiger partial charge in [0.05, 0.1) is 18.6 Å².